The summed E-state index contributed by atoms with van der Waals surface area (Å²) in [6.07, 6.45) is -0.602. The van der Waals surface area contributed by atoms with E-state index in [1.165, 1.54) is 6.07 Å². The molecule has 0 fully saturated rings. The van der Waals surface area contributed by atoms with Crippen LogP contribution < -0.4 is 5.73 Å². The molecule has 1 aromatic carbocycles. The van der Waals surface area contributed by atoms with Gasteiger partial charge in [-0.05, 0) is 30.0 Å². The summed E-state index contributed by atoms with van der Waals surface area (Å²) in [6.45, 7) is 5.50. The zero-order valence-electron chi connectivity index (χ0n) is 9.77. The number of hydrogen-bond acceptors (Lipinski definition) is 2. The van der Waals surface area contributed by atoms with E-state index in [0.717, 1.165) is 5.56 Å². The standard InChI is InChI=1S/C12H18FNO.ClH/c1-7(2)12(15)11(14)9-4-5-10(13)8(3)6-9;/h4-7,11-12,15H,14H2,1-3H3;1H/t11-,12+;/m0./s1. The van der Waals surface area contributed by atoms with Crippen LogP contribution in [0.2, 0.25) is 0 Å². The number of halogens is 2. The van der Waals surface area contributed by atoms with E-state index in [4.69, 9.17) is 5.73 Å². The van der Waals surface area contributed by atoms with Crippen molar-refractivity contribution < 1.29 is 9.50 Å². The molecule has 0 aliphatic heterocycles. The maximum atomic E-state index is 13.0. The fourth-order valence-corrected chi connectivity index (χ4v) is 1.49. The van der Waals surface area contributed by atoms with Crippen LogP contribution in [0.25, 0.3) is 0 Å². The highest BCUT2D eigenvalue weighted by Gasteiger charge is 2.20. The summed E-state index contributed by atoms with van der Waals surface area (Å²) >= 11 is 0. The molecule has 0 heterocycles. The molecule has 2 atom stereocenters. The van der Waals surface area contributed by atoms with Crippen LogP contribution >= 0.6 is 12.4 Å². The summed E-state index contributed by atoms with van der Waals surface area (Å²) in [7, 11) is 0. The molecule has 16 heavy (non-hydrogen) atoms. The number of rotatable bonds is 3. The molecule has 0 unspecified atom stereocenters. The highest BCUT2D eigenvalue weighted by Crippen LogP contribution is 2.21. The first kappa shape index (κ1) is 15.4. The molecule has 92 valence electrons. The number of aryl methyl sites for hydroxylation is 1. The van der Waals surface area contributed by atoms with Gasteiger partial charge < -0.3 is 10.8 Å². The van der Waals surface area contributed by atoms with Gasteiger partial charge in [0.15, 0.2) is 0 Å². The molecule has 0 aliphatic carbocycles. The summed E-state index contributed by atoms with van der Waals surface area (Å²) < 4.78 is 13.0. The van der Waals surface area contributed by atoms with E-state index in [0.29, 0.717) is 5.56 Å². The Balaban J connectivity index is 0.00000225. The lowest BCUT2D eigenvalue weighted by Crippen LogP contribution is -2.30. The van der Waals surface area contributed by atoms with E-state index in [1.807, 2.05) is 13.8 Å². The molecule has 0 amide bonds. The van der Waals surface area contributed by atoms with Crippen molar-refractivity contribution in [3.63, 3.8) is 0 Å². The average Bonchev–Trinajstić information content (AvgIpc) is 2.19. The van der Waals surface area contributed by atoms with Gasteiger partial charge in [-0.2, -0.15) is 0 Å². The quantitative estimate of drug-likeness (QED) is 0.863. The summed E-state index contributed by atoms with van der Waals surface area (Å²) in [6, 6.07) is 4.24. The minimum Gasteiger partial charge on any atom is -0.391 e. The SMILES string of the molecule is Cc1cc([C@H](N)[C@H](O)C(C)C)ccc1F.Cl. The molecule has 3 N–H and O–H groups in total. The van der Waals surface area contributed by atoms with Crippen LogP contribution in [-0.4, -0.2) is 11.2 Å². The first-order valence-corrected chi connectivity index (χ1v) is 5.13. The maximum Gasteiger partial charge on any atom is 0.126 e. The van der Waals surface area contributed by atoms with Crippen LogP contribution in [0.5, 0.6) is 0 Å². The Morgan fingerprint density at radius 3 is 2.31 bits per heavy atom. The van der Waals surface area contributed by atoms with Crippen LogP contribution in [0.3, 0.4) is 0 Å². The predicted molar refractivity (Wildman–Crippen MR) is 66.2 cm³/mol. The van der Waals surface area contributed by atoms with E-state index in [-0.39, 0.29) is 24.1 Å². The molecule has 0 saturated heterocycles. The second kappa shape index (κ2) is 6.18. The van der Waals surface area contributed by atoms with Gasteiger partial charge in [-0.1, -0.05) is 26.0 Å². The highest BCUT2D eigenvalue weighted by molar-refractivity contribution is 5.85. The number of aliphatic hydroxyl groups excluding tert-OH is 1. The predicted octanol–water partition coefficient (Wildman–Crippen LogP) is 2.57. The molecule has 0 saturated carbocycles. The van der Waals surface area contributed by atoms with E-state index < -0.39 is 12.1 Å². The number of nitrogens with two attached hydrogens (primary N) is 1. The Kier molecular flexibility index (Phi) is 5.94. The van der Waals surface area contributed by atoms with Gasteiger partial charge in [0, 0.05) is 0 Å². The smallest absolute Gasteiger partial charge is 0.126 e. The van der Waals surface area contributed by atoms with Crippen molar-refractivity contribution in [2.24, 2.45) is 11.7 Å². The Morgan fingerprint density at radius 2 is 1.88 bits per heavy atom. The van der Waals surface area contributed by atoms with Gasteiger partial charge in [-0.25, -0.2) is 4.39 Å². The lowest BCUT2D eigenvalue weighted by atomic mass is 9.93. The fraction of sp³-hybridized carbons (Fsp3) is 0.500. The monoisotopic (exact) mass is 247 g/mol. The lowest BCUT2D eigenvalue weighted by Gasteiger charge is -2.22. The third kappa shape index (κ3) is 3.44. The molecule has 0 aromatic heterocycles. The molecule has 0 spiro atoms. The number of hydrogen-bond donors (Lipinski definition) is 2. The summed E-state index contributed by atoms with van der Waals surface area (Å²) in [5, 5.41) is 9.79. The molecular weight excluding hydrogens is 229 g/mol. The van der Waals surface area contributed by atoms with Gasteiger partial charge in [-0.3, -0.25) is 0 Å². The summed E-state index contributed by atoms with van der Waals surface area (Å²) in [5.41, 5.74) is 7.21. The van der Waals surface area contributed by atoms with Crippen LogP contribution in [0, 0.1) is 18.7 Å². The van der Waals surface area contributed by atoms with Crippen LogP contribution in [-0.2, 0) is 0 Å². The van der Waals surface area contributed by atoms with Crippen molar-refractivity contribution in [1.29, 1.82) is 0 Å². The van der Waals surface area contributed by atoms with Gasteiger partial charge in [0.2, 0.25) is 0 Å². The third-order valence-electron chi connectivity index (χ3n) is 2.62. The van der Waals surface area contributed by atoms with Gasteiger partial charge in [0.25, 0.3) is 0 Å². The Bertz CT molecular complexity index is 344. The lowest BCUT2D eigenvalue weighted by molar-refractivity contribution is 0.0979. The molecule has 0 radical (unpaired) electrons. The van der Waals surface area contributed by atoms with Crippen LogP contribution in [0.4, 0.5) is 4.39 Å². The Morgan fingerprint density at radius 1 is 1.31 bits per heavy atom. The molecule has 0 aliphatic rings. The zero-order chi connectivity index (χ0) is 11.6. The number of aliphatic hydroxyl groups is 1. The average molecular weight is 248 g/mol. The number of benzene rings is 1. The van der Waals surface area contributed by atoms with E-state index >= 15 is 0 Å². The second-order valence-corrected chi connectivity index (χ2v) is 4.27. The zero-order valence-corrected chi connectivity index (χ0v) is 10.6. The van der Waals surface area contributed by atoms with Crippen LogP contribution in [0.1, 0.15) is 31.0 Å². The van der Waals surface area contributed by atoms with Crippen molar-refractivity contribution in [3.8, 4) is 0 Å². The van der Waals surface area contributed by atoms with Crippen molar-refractivity contribution in [2.45, 2.75) is 32.9 Å². The Labute approximate surface area is 102 Å². The van der Waals surface area contributed by atoms with Crippen molar-refractivity contribution in [1.82, 2.24) is 0 Å². The van der Waals surface area contributed by atoms with E-state index in [9.17, 15) is 9.50 Å². The third-order valence-corrected chi connectivity index (χ3v) is 2.62. The molecule has 2 nitrogen and oxygen atoms in total. The fourth-order valence-electron chi connectivity index (χ4n) is 1.49. The van der Waals surface area contributed by atoms with Gasteiger partial charge in [-0.15, -0.1) is 12.4 Å². The molecule has 1 rings (SSSR count). The molecule has 4 heteroatoms. The van der Waals surface area contributed by atoms with Gasteiger partial charge in [0.1, 0.15) is 5.82 Å². The van der Waals surface area contributed by atoms with Crippen molar-refractivity contribution >= 4 is 12.4 Å². The minimum atomic E-state index is -0.602. The summed E-state index contributed by atoms with van der Waals surface area (Å²) in [5.74, 6) is -0.157. The molecule has 0 bridgehead atoms. The molecular formula is C12H19ClFNO. The molecule has 1 aromatic rings. The maximum absolute atomic E-state index is 13.0. The van der Waals surface area contributed by atoms with E-state index in [2.05, 4.69) is 0 Å². The van der Waals surface area contributed by atoms with Crippen molar-refractivity contribution in [3.05, 3.63) is 35.1 Å². The van der Waals surface area contributed by atoms with Gasteiger partial charge in [0.05, 0.1) is 12.1 Å². The first-order valence-electron chi connectivity index (χ1n) is 5.13. The second-order valence-electron chi connectivity index (χ2n) is 4.27. The van der Waals surface area contributed by atoms with E-state index in [1.54, 1.807) is 19.1 Å². The first-order chi connectivity index (χ1) is 6.93. The largest absolute Gasteiger partial charge is 0.391 e. The highest BCUT2D eigenvalue weighted by atomic mass is 35.5. The van der Waals surface area contributed by atoms with Crippen LogP contribution in [0.15, 0.2) is 18.2 Å². The summed E-state index contributed by atoms with van der Waals surface area (Å²) in [4.78, 5) is 0. The topological polar surface area (TPSA) is 46.2 Å². The van der Waals surface area contributed by atoms with Gasteiger partial charge >= 0.3 is 0 Å². The Hall–Kier alpha value is -0.640. The van der Waals surface area contributed by atoms with Crippen molar-refractivity contribution in [2.75, 3.05) is 0 Å². The normalized spacial score (nSPS) is 14.4. The minimum absolute atomic E-state index is 0.